The molecule has 7 nitrogen and oxygen atoms in total. The summed E-state index contributed by atoms with van der Waals surface area (Å²) in [6, 6.07) is 16.0. The van der Waals surface area contributed by atoms with Gasteiger partial charge in [0.05, 0.1) is 10.7 Å². The molecule has 0 saturated heterocycles. The number of nitro benzene ring substituents is 1. The molecule has 8 heteroatoms. The van der Waals surface area contributed by atoms with Gasteiger partial charge in [-0.15, -0.1) is 0 Å². The Kier molecular flexibility index (Phi) is 5.65. The van der Waals surface area contributed by atoms with Crippen LogP contribution in [0.25, 0.3) is 0 Å². The van der Waals surface area contributed by atoms with Crippen molar-refractivity contribution in [1.29, 1.82) is 0 Å². The number of para-hydroxylation sites is 2. The topological polar surface area (TPSA) is 90.1 Å². The number of anilines is 1. The van der Waals surface area contributed by atoms with Crippen LogP contribution in [-0.4, -0.2) is 26.1 Å². The molecule has 0 aliphatic heterocycles. The Morgan fingerprint density at radius 2 is 1.88 bits per heavy atom. The largest absolute Gasteiger partial charge is 0.322 e. The second-order valence-corrected chi connectivity index (χ2v) is 6.38. The molecule has 2 aromatic carbocycles. The van der Waals surface area contributed by atoms with Gasteiger partial charge in [0.2, 0.25) is 5.91 Å². The lowest BCUT2D eigenvalue weighted by molar-refractivity contribution is -0.383. The van der Waals surface area contributed by atoms with E-state index in [2.05, 4.69) is 10.3 Å². The Hall–Kier alpha value is -3.13. The molecule has 0 aliphatic rings. The Labute approximate surface area is 154 Å². The first-order valence-corrected chi connectivity index (χ1v) is 8.83. The summed E-state index contributed by atoms with van der Waals surface area (Å²) in [6.45, 7) is 0.662. The molecule has 1 N–H and O–H groups in total. The molecule has 3 rings (SSSR count). The summed E-state index contributed by atoms with van der Waals surface area (Å²) < 4.78 is 1.96. The number of nitrogens with one attached hydrogen (secondary N) is 1. The molecule has 0 unspecified atom stereocenters. The molecule has 0 spiro atoms. The van der Waals surface area contributed by atoms with Gasteiger partial charge in [0.25, 0.3) is 5.69 Å². The molecule has 132 valence electrons. The molecule has 1 heterocycles. The molecule has 0 aliphatic carbocycles. The molecular formula is C18H16N4O3S. The van der Waals surface area contributed by atoms with Crippen molar-refractivity contribution in [3.05, 3.63) is 82.7 Å². The average Bonchev–Trinajstić information content (AvgIpc) is 3.08. The predicted molar refractivity (Wildman–Crippen MR) is 100 cm³/mol. The minimum absolute atomic E-state index is 0.109. The standard InChI is InChI=1S/C18H16N4O3S/c23-17(20-15-8-4-5-9-16(15)22(24)25)13-26-18-19-10-11-21(18)12-14-6-2-1-3-7-14/h1-11H,12-13H2,(H,20,23). The van der Waals surface area contributed by atoms with E-state index >= 15 is 0 Å². The fourth-order valence-electron chi connectivity index (χ4n) is 2.39. The number of carbonyl (C=O) groups excluding carboxylic acids is 1. The maximum absolute atomic E-state index is 12.2. The predicted octanol–water partition coefficient (Wildman–Crippen LogP) is 3.57. The van der Waals surface area contributed by atoms with Gasteiger partial charge in [0, 0.05) is 25.0 Å². The Morgan fingerprint density at radius 3 is 2.65 bits per heavy atom. The van der Waals surface area contributed by atoms with E-state index in [-0.39, 0.29) is 23.0 Å². The number of amides is 1. The zero-order valence-electron chi connectivity index (χ0n) is 13.7. The molecule has 3 aromatic rings. The van der Waals surface area contributed by atoms with E-state index in [0.717, 1.165) is 5.56 Å². The van der Waals surface area contributed by atoms with Crippen LogP contribution in [0.2, 0.25) is 0 Å². The molecule has 0 radical (unpaired) electrons. The van der Waals surface area contributed by atoms with E-state index in [1.165, 1.54) is 23.9 Å². The number of carbonyl (C=O) groups is 1. The van der Waals surface area contributed by atoms with Crippen LogP contribution in [0.3, 0.4) is 0 Å². The molecule has 0 bridgehead atoms. The molecule has 1 amide bonds. The van der Waals surface area contributed by atoms with Crippen molar-refractivity contribution in [2.75, 3.05) is 11.1 Å². The highest BCUT2D eigenvalue weighted by molar-refractivity contribution is 7.99. The third kappa shape index (κ3) is 4.48. The number of thioether (sulfide) groups is 1. The number of hydrogen-bond donors (Lipinski definition) is 1. The highest BCUT2D eigenvalue weighted by Crippen LogP contribution is 2.24. The van der Waals surface area contributed by atoms with E-state index in [4.69, 9.17) is 0 Å². The second kappa shape index (κ2) is 8.30. The third-order valence-corrected chi connectivity index (χ3v) is 4.58. The second-order valence-electron chi connectivity index (χ2n) is 5.43. The van der Waals surface area contributed by atoms with Crippen molar-refractivity contribution in [1.82, 2.24) is 9.55 Å². The zero-order valence-corrected chi connectivity index (χ0v) is 14.6. The van der Waals surface area contributed by atoms with Gasteiger partial charge in [-0.05, 0) is 11.6 Å². The van der Waals surface area contributed by atoms with Crippen LogP contribution in [0, 0.1) is 10.1 Å². The number of aromatic nitrogens is 2. The normalized spacial score (nSPS) is 10.5. The van der Waals surface area contributed by atoms with Gasteiger partial charge in [0.1, 0.15) is 5.69 Å². The zero-order chi connectivity index (χ0) is 18.4. The van der Waals surface area contributed by atoms with Gasteiger partial charge in [0.15, 0.2) is 5.16 Å². The van der Waals surface area contributed by atoms with Gasteiger partial charge in [-0.1, -0.05) is 54.2 Å². The minimum Gasteiger partial charge on any atom is -0.322 e. The molecular weight excluding hydrogens is 352 g/mol. The summed E-state index contributed by atoms with van der Waals surface area (Å²) in [5.74, 6) is -0.212. The van der Waals surface area contributed by atoms with E-state index in [9.17, 15) is 14.9 Å². The first kappa shape index (κ1) is 17.7. The molecule has 1 aromatic heterocycles. The lowest BCUT2D eigenvalue weighted by atomic mass is 10.2. The summed E-state index contributed by atoms with van der Waals surface area (Å²) >= 11 is 1.28. The van der Waals surface area contributed by atoms with Gasteiger partial charge >= 0.3 is 0 Å². The summed E-state index contributed by atoms with van der Waals surface area (Å²) in [6.07, 6.45) is 3.54. The van der Waals surface area contributed by atoms with Crippen molar-refractivity contribution < 1.29 is 9.72 Å². The third-order valence-electron chi connectivity index (χ3n) is 3.58. The van der Waals surface area contributed by atoms with Gasteiger partial charge in [-0.2, -0.15) is 0 Å². The van der Waals surface area contributed by atoms with Crippen molar-refractivity contribution in [3.8, 4) is 0 Å². The quantitative estimate of drug-likeness (QED) is 0.391. The van der Waals surface area contributed by atoms with E-state index in [0.29, 0.717) is 11.7 Å². The maximum atomic E-state index is 12.2. The fourth-order valence-corrected chi connectivity index (χ4v) is 3.15. The lowest BCUT2D eigenvalue weighted by Crippen LogP contribution is -2.15. The fraction of sp³-hybridized carbons (Fsp3) is 0.111. The van der Waals surface area contributed by atoms with Crippen LogP contribution in [0.1, 0.15) is 5.56 Å². The number of imidazole rings is 1. The minimum atomic E-state index is -0.519. The Morgan fingerprint density at radius 1 is 1.15 bits per heavy atom. The van der Waals surface area contributed by atoms with Gasteiger partial charge in [-0.25, -0.2) is 4.98 Å². The van der Waals surface area contributed by atoms with Gasteiger partial charge < -0.3 is 9.88 Å². The molecule has 26 heavy (non-hydrogen) atoms. The van der Waals surface area contributed by atoms with Crippen LogP contribution in [-0.2, 0) is 11.3 Å². The van der Waals surface area contributed by atoms with E-state index in [1.54, 1.807) is 18.3 Å². The highest BCUT2D eigenvalue weighted by atomic mass is 32.2. The van der Waals surface area contributed by atoms with Crippen molar-refractivity contribution in [2.45, 2.75) is 11.7 Å². The number of nitrogens with zero attached hydrogens (tertiary/aromatic N) is 3. The average molecular weight is 368 g/mol. The number of hydrogen-bond acceptors (Lipinski definition) is 5. The van der Waals surface area contributed by atoms with Crippen molar-refractivity contribution >= 4 is 29.0 Å². The van der Waals surface area contributed by atoms with E-state index < -0.39 is 4.92 Å². The summed E-state index contributed by atoms with van der Waals surface area (Å²) in [5.41, 5.74) is 1.20. The molecule has 0 atom stereocenters. The maximum Gasteiger partial charge on any atom is 0.292 e. The number of benzene rings is 2. The van der Waals surface area contributed by atoms with Crippen molar-refractivity contribution in [3.63, 3.8) is 0 Å². The van der Waals surface area contributed by atoms with Gasteiger partial charge in [-0.3, -0.25) is 14.9 Å². The van der Waals surface area contributed by atoms with Crippen LogP contribution in [0.5, 0.6) is 0 Å². The van der Waals surface area contributed by atoms with Crippen LogP contribution in [0.4, 0.5) is 11.4 Å². The first-order chi connectivity index (χ1) is 12.6. The highest BCUT2D eigenvalue weighted by Gasteiger charge is 2.15. The SMILES string of the molecule is O=C(CSc1nccn1Cc1ccccc1)Nc1ccccc1[N+](=O)[O-]. The summed E-state index contributed by atoms with van der Waals surface area (Å²) in [7, 11) is 0. The summed E-state index contributed by atoms with van der Waals surface area (Å²) in [4.78, 5) is 26.9. The smallest absolute Gasteiger partial charge is 0.292 e. The monoisotopic (exact) mass is 368 g/mol. The molecule has 0 saturated carbocycles. The molecule has 0 fully saturated rings. The van der Waals surface area contributed by atoms with Crippen molar-refractivity contribution in [2.24, 2.45) is 0 Å². The Balaban J connectivity index is 1.61. The van der Waals surface area contributed by atoms with Crippen LogP contribution in [0.15, 0.2) is 72.1 Å². The first-order valence-electron chi connectivity index (χ1n) is 7.84. The summed E-state index contributed by atoms with van der Waals surface area (Å²) in [5, 5.41) is 14.3. The number of rotatable bonds is 7. The van der Waals surface area contributed by atoms with Crippen LogP contribution >= 0.6 is 11.8 Å². The Bertz CT molecular complexity index is 912. The number of nitro groups is 1. The lowest BCUT2D eigenvalue weighted by Gasteiger charge is -2.08. The van der Waals surface area contributed by atoms with E-state index in [1.807, 2.05) is 41.1 Å². The van der Waals surface area contributed by atoms with Crippen LogP contribution < -0.4 is 5.32 Å².